The van der Waals surface area contributed by atoms with E-state index in [1.165, 1.54) is 0 Å². The van der Waals surface area contributed by atoms with Gasteiger partial charge in [0.15, 0.2) is 11.5 Å². The Kier molecular flexibility index (Phi) is 2.29. The molecule has 1 aromatic heterocycles. The molecule has 0 aliphatic heterocycles. The highest BCUT2D eigenvalue weighted by molar-refractivity contribution is 5.82. The fraction of sp³-hybridized carbons (Fsp3) is 0.200. The van der Waals surface area contributed by atoms with E-state index in [0.717, 1.165) is 10.9 Å². The fourth-order valence-electron chi connectivity index (χ4n) is 1.37. The smallest absolute Gasteiger partial charge is 0.220 e. The zero-order valence-electron chi connectivity index (χ0n) is 8.52. The van der Waals surface area contributed by atoms with Crippen LogP contribution in [0.1, 0.15) is 0 Å². The molecule has 0 bridgehead atoms. The predicted molar refractivity (Wildman–Crippen MR) is 57.1 cm³/mol. The SMILES string of the molecule is COc1cc2cnc(N)nc2cc1OC. The molecule has 0 spiro atoms. The van der Waals surface area contributed by atoms with E-state index in [1.807, 2.05) is 6.07 Å². The molecule has 0 saturated carbocycles. The first kappa shape index (κ1) is 9.51. The zero-order chi connectivity index (χ0) is 10.8. The Balaban J connectivity index is 2.69. The number of fused-ring (bicyclic) bond motifs is 1. The summed E-state index contributed by atoms with van der Waals surface area (Å²) in [6.45, 7) is 0. The van der Waals surface area contributed by atoms with Crippen LogP contribution in [0, 0.1) is 0 Å². The van der Waals surface area contributed by atoms with Crippen LogP contribution >= 0.6 is 0 Å². The van der Waals surface area contributed by atoms with E-state index in [4.69, 9.17) is 15.2 Å². The van der Waals surface area contributed by atoms with Gasteiger partial charge in [0.25, 0.3) is 0 Å². The van der Waals surface area contributed by atoms with Crippen molar-refractivity contribution >= 4 is 16.9 Å². The minimum atomic E-state index is 0.245. The van der Waals surface area contributed by atoms with Gasteiger partial charge in [0.05, 0.1) is 19.7 Å². The van der Waals surface area contributed by atoms with Gasteiger partial charge >= 0.3 is 0 Å². The van der Waals surface area contributed by atoms with Crippen molar-refractivity contribution in [1.82, 2.24) is 9.97 Å². The van der Waals surface area contributed by atoms with Crippen molar-refractivity contribution in [3.63, 3.8) is 0 Å². The molecule has 0 aliphatic rings. The highest BCUT2D eigenvalue weighted by Gasteiger charge is 2.06. The van der Waals surface area contributed by atoms with E-state index in [-0.39, 0.29) is 5.95 Å². The van der Waals surface area contributed by atoms with Crippen molar-refractivity contribution in [2.45, 2.75) is 0 Å². The first-order valence-corrected chi connectivity index (χ1v) is 4.39. The van der Waals surface area contributed by atoms with Crippen molar-refractivity contribution in [2.75, 3.05) is 20.0 Å². The zero-order valence-corrected chi connectivity index (χ0v) is 8.52. The predicted octanol–water partition coefficient (Wildman–Crippen LogP) is 1.23. The van der Waals surface area contributed by atoms with Gasteiger partial charge in [0, 0.05) is 17.6 Å². The average Bonchev–Trinajstić information content (AvgIpc) is 2.27. The van der Waals surface area contributed by atoms with E-state index < -0.39 is 0 Å². The summed E-state index contributed by atoms with van der Waals surface area (Å²) in [4.78, 5) is 8.00. The number of methoxy groups -OCH3 is 2. The molecule has 0 unspecified atom stereocenters. The largest absolute Gasteiger partial charge is 0.493 e. The van der Waals surface area contributed by atoms with E-state index in [2.05, 4.69) is 9.97 Å². The van der Waals surface area contributed by atoms with Crippen molar-refractivity contribution < 1.29 is 9.47 Å². The maximum absolute atomic E-state index is 5.49. The number of hydrogen-bond acceptors (Lipinski definition) is 5. The van der Waals surface area contributed by atoms with Crippen molar-refractivity contribution in [3.05, 3.63) is 18.3 Å². The average molecular weight is 205 g/mol. The lowest BCUT2D eigenvalue weighted by molar-refractivity contribution is 0.356. The van der Waals surface area contributed by atoms with E-state index >= 15 is 0 Å². The second-order valence-electron chi connectivity index (χ2n) is 2.99. The highest BCUT2D eigenvalue weighted by atomic mass is 16.5. The Morgan fingerprint density at radius 2 is 1.80 bits per heavy atom. The van der Waals surface area contributed by atoms with Crippen LogP contribution in [-0.2, 0) is 0 Å². The van der Waals surface area contributed by atoms with E-state index in [9.17, 15) is 0 Å². The van der Waals surface area contributed by atoms with Gasteiger partial charge in [-0.05, 0) is 6.07 Å². The van der Waals surface area contributed by atoms with Crippen LogP contribution in [0.4, 0.5) is 5.95 Å². The quantitative estimate of drug-likeness (QED) is 0.798. The lowest BCUT2D eigenvalue weighted by Crippen LogP contribution is -1.96. The fourth-order valence-corrected chi connectivity index (χ4v) is 1.37. The van der Waals surface area contributed by atoms with Crippen molar-refractivity contribution in [3.8, 4) is 11.5 Å². The molecule has 1 aromatic carbocycles. The summed E-state index contributed by atoms with van der Waals surface area (Å²) in [6, 6.07) is 3.58. The molecule has 15 heavy (non-hydrogen) atoms. The molecule has 2 aromatic rings. The van der Waals surface area contributed by atoms with Crippen LogP contribution in [0.5, 0.6) is 11.5 Å². The Labute approximate surface area is 86.8 Å². The van der Waals surface area contributed by atoms with Crippen LogP contribution in [0.15, 0.2) is 18.3 Å². The summed E-state index contributed by atoms with van der Waals surface area (Å²) in [6.07, 6.45) is 1.65. The van der Waals surface area contributed by atoms with Gasteiger partial charge in [-0.3, -0.25) is 0 Å². The van der Waals surface area contributed by atoms with Crippen LogP contribution in [-0.4, -0.2) is 24.2 Å². The molecule has 2 N–H and O–H groups in total. The molecule has 1 heterocycles. The topological polar surface area (TPSA) is 70.3 Å². The summed E-state index contributed by atoms with van der Waals surface area (Å²) in [5.41, 5.74) is 6.23. The Morgan fingerprint density at radius 3 is 2.47 bits per heavy atom. The van der Waals surface area contributed by atoms with Gasteiger partial charge < -0.3 is 15.2 Å². The maximum Gasteiger partial charge on any atom is 0.220 e. The Bertz CT molecular complexity index is 499. The van der Waals surface area contributed by atoms with E-state index in [1.54, 1.807) is 26.5 Å². The number of nitrogen functional groups attached to an aromatic ring is 1. The molecule has 0 atom stereocenters. The first-order valence-electron chi connectivity index (χ1n) is 4.39. The number of aromatic nitrogens is 2. The third-order valence-corrected chi connectivity index (χ3v) is 2.10. The van der Waals surface area contributed by atoms with E-state index in [0.29, 0.717) is 11.5 Å². The molecule has 0 radical (unpaired) electrons. The number of benzene rings is 1. The molecule has 5 nitrogen and oxygen atoms in total. The summed E-state index contributed by atoms with van der Waals surface area (Å²) in [5, 5.41) is 0.863. The molecule has 78 valence electrons. The van der Waals surface area contributed by atoms with Crippen molar-refractivity contribution in [2.24, 2.45) is 0 Å². The molecule has 0 fully saturated rings. The monoisotopic (exact) mass is 205 g/mol. The second-order valence-corrected chi connectivity index (χ2v) is 2.99. The minimum absolute atomic E-state index is 0.245. The van der Waals surface area contributed by atoms with Crippen LogP contribution < -0.4 is 15.2 Å². The van der Waals surface area contributed by atoms with Crippen LogP contribution in [0.25, 0.3) is 10.9 Å². The summed E-state index contributed by atoms with van der Waals surface area (Å²) < 4.78 is 10.3. The van der Waals surface area contributed by atoms with Gasteiger partial charge in [-0.15, -0.1) is 0 Å². The molecular formula is C10H11N3O2. The molecule has 2 rings (SSSR count). The number of ether oxygens (including phenoxy) is 2. The molecule has 5 heteroatoms. The maximum atomic E-state index is 5.49. The number of nitrogens with two attached hydrogens (primary N) is 1. The van der Waals surface area contributed by atoms with Crippen LogP contribution in [0.3, 0.4) is 0 Å². The lowest BCUT2D eigenvalue weighted by Gasteiger charge is -2.08. The number of rotatable bonds is 2. The second kappa shape index (κ2) is 3.61. The highest BCUT2D eigenvalue weighted by Crippen LogP contribution is 2.30. The molecular weight excluding hydrogens is 194 g/mol. The third kappa shape index (κ3) is 1.63. The summed E-state index contributed by atoms with van der Waals surface area (Å²) in [7, 11) is 3.16. The molecule has 0 saturated heterocycles. The van der Waals surface area contributed by atoms with Gasteiger partial charge in [0.1, 0.15) is 0 Å². The Morgan fingerprint density at radius 1 is 1.13 bits per heavy atom. The first-order chi connectivity index (χ1) is 7.24. The summed E-state index contributed by atoms with van der Waals surface area (Å²) >= 11 is 0. The van der Waals surface area contributed by atoms with Gasteiger partial charge in [-0.2, -0.15) is 0 Å². The summed E-state index contributed by atoms with van der Waals surface area (Å²) in [5.74, 6) is 1.52. The number of anilines is 1. The van der Waals surface area contributed by atoms with Gasteiger partial charge in [-0.1, -0.05) is 0 Å². The van der Waals surface area contributed by atoms with Gasteiger partial charge in [0.2, 0.25) is 5.95 Å². The number of hydrogen-bond donors (Lipinski definition) is 1. The van der Waals surface area contributed by atoms with Gasteiger partial charge in [-0.25, -0.2) is 9.97 Å². The molecule has 0 amide bonds. The lowest BCUT2D eigenvalue weighted by atomic mass is 10.2. The number of nitrogens with zero attached hydrogens (tertiary/aromatic N) is 2. The third-order valence-electron chi connectivity index (χ3n) is 2.10. The Hall–Kier alpha value is -2.04. The minimum Gasteiger partial charge on any atom is -0.493 e. The van der Waals surface area contributed by atoms with Crippen LogP contribution in [0.2, 0.25) is 0 Å². The standard InChI is InChI=1S/C10H11N3O2/c1-14-8-3-6-5-12-10(11)13-7(6)4-9(8)15-2/h3-5H,1-2H3,(H2,11,12,13). The van der Waals surface area contributed by atoms with Crippen molar-refractivity contribution in [1.29, 1.82) is 0 Å². The molecule has 0 aliphatic carbocycles. The normalized spacial score (nSPS) is 10.3.